The fraction of sp³-hybridized carbons (Fsp3) is 0.522. The molecule has 1 aliphatic heterocycles. The van der Waals surface area contributed by atoms with Gasteiger partial charge in [0.05, 0.1) is 6.61 Å². The van der Waals surface area contributed by atoms with Crippen LogP contribution in [-0.4, -0.2) is 48.7 Å². The predicted octanol–water partition coefficient (Wildman–Crippen LogP) is 3.53. The number of guanidine groups is 1. The number of aliphatic imine (C=N–C) groups is 1. The molecule has 3 heterocycles. The molecule has 4 rings (SSSR count). The van der Waals surface area contributed by atoms with Gasteiger partial charge in [0.15, 0.2) is 5.96 Å². The van der Waals surface area contributed by atoms with E-state index in [0.717, 1.165) is 55.8 Å². The van der Waals surface area contributed by atoms with Crippen LogP contribution in [0.1, 0.15) is 36.8 Å². The standard InChI is InChI=1S/C23H32N6O.HI/c1-17-3-6-21(26-14-17)29-11-8-20(9-12-29)28-23(24-2)27-15-19-7-10-25-22(13-19)30-16-18-4-5-18;/h3,6-7,10,13-14,18,20H,4-5,8-9,11-12,15-16H2,1-2H3,(H2,24,27,28);1H. The van der Waals surface area contributed by atoms with Gasteiger partial charge < -0.3 is 20.3 Å². The smallest absolute Gasteiger partial charge is 0.213 e. The summed E-state index contributed by atoms with van der Waals surface area (Å²) in [7, 11) is 1.82. The summed E-state index contributed by atoms with van der Waals surface area (Å²) in [5.74, 6) is 3.34. The number of aryl methyl sites for hydroxylation is 1. The van der Waals surface area contributed by atoms with Gasteiger partial charge in [0.2, 0.25) is 5.88 Å². The van der Waals surface area contributed by atoms with E-state index in [9.17, 15) is 0 Å². The number of nitrogens with zero attached hydrogens (tertiary/aromatic N) is 4. The fourth-order valence-electron chi connectivity index (χ4n) is 3.60. The van der Waals surface area contributed by atoms with Crippen molar-refractivity contribution in [1.82, 2.24) is 20.6 Å². The third-order valence-corrected chi connectivity index (χ3v) is 5.70. The molecular weight excluding hydrogens is 503 g/mol. The SMILES string of the molecule is CN=C(NCc1ccnc(OCC2CC2)c1)NC1CCN(c2ccc(C)cn2)CC1.I. The van der Waals surface area contributed by atoms with Gasteiger partial charge in [-0.1, -0.05) is 6.07 Å². The van der Waals surface area contributed by atoms with Crippen molar-refractivity contribution in [1.29, 1.82) is 0 Å². The number of anilines is 1. The molecular formula is C23H33IN6O. The summed E-state index contributed by atoms with van der Waals surface area (Å²) in [6.07, 6.45) is 8.43. The molecule has 2 aromatic heterocycles. The maximum absolute atomic E-state index is 5.78. The van der Waals surface area contributed by atoms with Crippen molar-refractivity contribution in [3.8, 4) is 5.88 Å². The van der Waals surface area contributed by atoms with Crippen LogP contribution >= 0.6 is 24.0 Å². The summed E-state index contributed by atoms with van der Waals surface area (Å²) in [4.78, 5) is 15.6. The van der Waals surface area contributed by atoms with Crippen molar-refractivity contribution < 1.29 is 4.74 Å². The molecule has 2 aliphatic rings. The second-order valence-electron chi connectivity index (χ2n) is 8.28. The Balaban J connectivity index is 0.00000272. The molecule has 2 fully saturated rings. The van der Waals surface area contributed by atoms with Gasteiger partial charge >= 0.3 is 0 Å². The van der Waals surface area contributed by atoms with E-state index in [-0.39, 0.29) is 24.0 Å². The highest BCUT2D eigenvalue weighted by Gasteiger charge is 2.22. The number of pyridine rings is 2. The first-order valence-corrected chi connectivity index (χ1v) is 10.9. The van der Waals surface area contributed by atoms with Crippen LogP contribution in [0.4, 0.5) is 5.82 Å². The van der Waals surface area contributed by atoms with Crippen molar-refractivity contribution in [3.63, 3.8) is 0 Å². The van der Waals surface area contributed by atoms with E-state index in [0.29, 0.717) is 18.5 Å². The summed E-state index contributed by atoms with van der Waals surface area (Å²) in [5, 5.41) is 6.98. The third-order valence-electron chi connectivity index (χ3n) is 5.70. The number of aromatic nitrogens is 2. The monoisotopic (exact) mass is 536 g/mol. The Labute approximate surface area is 202 Å². The van der Waals surface area contributed by atoms with Crippen molar-refractivity contribution in [2.24, 2.45) is 10.9 Å². The molecule has 2 aromatic rings. The molecule has 1 saturated carbocycles. The van der Waals surface area contributed by atoms with Gasteiger partial charge in [0.25, 0.3) is 0 Å². The molecule has 0 amide bonds. The van der Waals surface area contributed by atoms with Crippen LogP contribution in [0.3, 0.4) is 0 Å². The number of hydrogen-bond acceptors (Lipinski definition) is 5. The van der Waals surface area contributed by atoms with E-state index in [1.807, 2.05) is 31.6 Å². The van der Waals surface area contributed by atoms with Crippen molar-refractivity contribution in [2.75, 3.05) is 31.6 Å². The molecule has 0 bridgehead atoms. The summed E-state index contributed by atoms with van der Waals surface area (Å²) in [6.45, 7) is 5.53. The number of halogens is 1. The third kappa shape index (κ3) is 7.22. The first-order chi connectivity index (χ1) is 14.7. The van der Waals surface area contributed by atoms with E-state index in [2.05, 4.69) is 49.6 Å². The summed E-state index contributed by atoms with van der Waals surface area (Å²) in [6, 6.07) is 8.67. The van der Waals surface area contributed by atoms with E-state index in [1.165, 1.54) is 18.4 Å². The van der Waals surface area contributed by atoms with E-state index in [4.69, 9.17) is 4.74 Å². The lowest BCUT2D eigenvalue weighted by molar-refractivity contribution is 0.288. The Morgan fingerprint density at radius 3 is 2.65 bits per heavy atom. The molecule has 0 aromatic carbocycles. The minimum Gasteiger partial charge on any atom is -0.477 e. The molecule has 1 aliphatic carbocycles. The topological polar surface area (TPSA) is 74.7 Å². The second-order valence-corrected chi connectivity index (χ2v) is 8.28. The molecule has 2 N–H and O–H groups in total. The maximum Gasteiger partial charge on any atom is 0.213 e. The molecule has 0 unspecified atom stereocenters. The summed E-state index contributed by atoms with van der Waals surface area (Å²) in [5.41, 5.74) is 2.33. The Kier molecular flexibility index (Phi) is 8.74. The summed E-state index contributed by atoms with van der Waals surface area (Å²) >= 11 is 0. The maximum atomic E-state index is 5.78. The number of piperidine rings is 1. The van der Waals surface area contributed by atoms with E-state index >= 15 is 0 Å². The highest BCUT2D eigenvalue weighted by atomic mass is 127. The molecule has 168 valence electrons. The molecule has 31 heavy (non-hydrogen) atoms. The predicted molar refractivity (Wildman–Crippen MR) is 135 cm³/mol. The zero-order valence-corrected chi connectivity index (χ0v) is 20.7. The van der Waals surface area contributed by atoms with Gasteiger partial charge in [-0.2, -0.15) is 0 Å². The molecule has 1 saturated heterocycles. The first kappa shape index (κ1) is 23.6. The van der Waals surface area contributed by atoms with Crippen molar-refractivity contribution in [3.05, 3.63) is 47.8 Å². The van der Waals surface area contributed by atoms with Crippen molar-refractivity contribution >= 4 is 35.8 Å². The van der Waals surface area contributed by atoms with Crippen LogP contribution in [0.5, 0.6) is 5.88 Å². The average molecular weight is 536 g/mol. The average Bonchev–Trinajstić information content (AvgIpc) is 3.61. The van der Waals surface area contributed by atoms with Crippen molar-refractivity contribution in [2.45, 2.75) is 45.2 Å². The van der Waals surface area contributed by atoms with Crippen LogP contribution in [0, 0.1) is 12.8 Å². The van der Waals surface area contributed by atoms with Crippen LogP contribution < -0.4 is 20.3 Å². The lowest BCUT2D eigenvalue weighted by Crippen LogP contribution is -2.48. The number of rotatable bonds is 7. The lowest BCUT2D eigenvalue weighted by Gasteiger charge is -2.33. The highest BCUT2D eigenvalue weighted by Crippen LogP contribution is 2.29. The van der Waals surface area contributed by atoms with Crippen LogP contribution in [0.25, 0.3) is 0 Å². The van der Waals surface area contributed by atoms with Crippen LogP contribution in [-0.2, 0) is 6.54 Å². The normalized spacial score (nSPS) is 17.1. The Morgan fingerprint density at radius 2 is 1.97 bits per heavy atom. The Hall–Kier alpha value is -2.10. The second kappa shape index (κ2) is 11.5. The van der Waals surface area contributed by atoms with Gasteiger partial charge in [-0.3, -0.25) is 4.99 Å². The lowest BCUT2D eigenvalue weighted by atomic mass is 10.1. The van der Waals surface area contributed by atoms with Gasteiger partial charge in [0.1, 0.15) is 5.82 Å². The minimum absolute atomic E-state index is 0. The Bertz CT molecular complexity index is 847. The summed E-state index contributed by atoms with van der Waals surface area (Å²) < 4.78 is 5.78. The largest absolute Gasteiger partial charge is 0.477 e. The van der Waals surface area contributed by atoms with Gasteiger partial charge in [0, 0.05) is 51.2 Å². The van der Waals surface area contributed by atoms with Gasteiger partial charge in [-0.25, -0.2) is 9.97 Å². The number of hydrogen-bond donors (Lipinski definition) is 2. The van der Waals surface area contributed by atoms with E-state index in [1.54, 1.807) is 0 Å². The molecule has 0 radical (unpaired) electrons. The Morgan fingerprint density at radius 1 is 1.16 bits per heavy atom. The first-order valence-electron chi connectivity index (χ1n) is 10.9. The fourth-order valence-corrected chi connectivity index (χ4v) is 3.60. The van der Waals surface area contributed by atoms with E-state index < -0.39 is 0 Å². The highest BCUT2D eigenvalue weighted by molar-refractivity contribution is 14.0. The quantitative estimate of drug-likeness (QED) is 0.321. The molecule has 8 heteroatoms. The molecule has 0 atom stereocenters. The number of ether oxygens (including phenoxy) is 1. The zero-order valence-electron chi connectivity index (χ0n) is 18.4. The van der Waals surface area contributed by atoms with Crippen LogP contribution in [0.2, 0.25) is 0 Å². The van der Waals surface area contributed by atoms with Gasteiger partial charge in [-0.05, 0) is 61.8 Å². The molecule has 7 nitrogen and oxygen atoms in total. The molecule has 0 spiro atoms. The minimum atomic E-state index is 0. The number of nitrogens with one attached hydrogen (secondary N) is 2. The van der Waals surface area contributed by atoms with Crippen LogP contribution in [0.15, 0.2) is 41.7 Å². The zero-order chi connectivity index (χ0) is 20.8. The van der Waals surface area contributed by atoms with Gasteiger partial charge in [-0.15, -0.1) is 24.0 Å².